The molecule has 0 bridgehead atoms. The van der Waals surface area contributed by atoms with Gasteiger partial charge in [-0.1, -0.05) is 0 Å². The fourth-order valence-electron chi connectivity index (χ4n) is 3.99. The van der Waals surface area contributed by atoms with Crippen molar-refractivity contribution in [3.05, 3.63) is 23.5 Å². The number of nitrogens with zero attached hydrogens (tertiary/aromatic N) is 3. The zero-order valence-electron chi connectivity index (χ0n) is 14.6. The molecular weight excluding hydrogens is 346 g/mol. The van der Waals surface area contributed by atoms with E-state index in [1.807, 2.05) is 22.6 Å². The minimum atomic E-state index is -3.40. The molecule has 0 spiro atoms. The second-order valence-electron chi connectivity index (χ2n) is 7.27. The van der Waals surface area contributed by atoms with Gasteiger partial charge in [-0.15, -0.1) is 0 Å². The molecule has 2 saturated heterocycles. The molecule has 2 atom stereocenters. The van der Waals surface area contributed by atoms with Crippen molar-refractivity contribution in [1.29, 1.82) is 0 Å². The third-order valence-corrected chi connectivity index (χ3v) is 6.66. The van der Waals surface area contributed by atoms with Gasteiger partial charge in [-0.25, -0.2) is 12.7 Å². The summed E-state index contributed by atoms with van der Waals surface area (Å²) in [4.78, 5) is 25.5. The van der Waals surface area contributed by atoms with E-state index in [1.54, 1.807) is 6.20 Å². The van der Waals surface area contributed by atoms with Gasteiger partial charge in [-0.05, 0) is 13.0 Å². The third-order valence-electron chi connectivity index (χ3n) is 5.44. The lowest BCUT2D eigenvalue weighted by Gasteiger charge is -2.24. The van der Waals surface area contributed by atoms with Gasteiger partial charge < -0.3 is 9.67 Å². The molecule has 3 heterocycles. The average molecular weight is 369 g/mol. The van der Waals surface area contributed by atoms with Crippen molar-refractivity contribution in [2.24, 2.45) is 18.4 Å². The summed E-state index contributed by atoms with van der Waals surface area (Å²) >= 11 is 0. The lowest BCUT2D eigenvalue weighted by molar-refractivity contribution is -0.148. The summed E-state index contributed by atoms with van der Waals surface area (Å²) in [5.74, 6) is -1.18. The summed E-state index contributed by atoms with van der Waals surface area (Å²) in [5, 5.41) is 9.78. The highest BCUT2D eigenvalue weighted by Gasteiger charge is 2.59. The van der Waals surface area contributed by atoms with E-state index in [9.17, 15) is 23.1 Å². The van der Waals surface area contributed by atoms with Gasteiger partial charge in [0.1, 0.15) is 0 Å². The summed E-state index contributed by atoms with van der Waals surface area (Å²) in [6.07, 6.45) is 2.89. The van der Waals surface area contributed by atoms with E-state index in [2.05, 4.69) is 0 Å². The number of Topliss-reactive ketones (excluding diaryl/α,β-unsaturated/α-hetero) is 1. The van der Waals surface area contributed by atoms with Crippen LogP contribution < -0.4 is 0 Å². The van der Waals surface area contributed by atoms with Gasteiger partial charge in [-0.3, -0.25) is 14.5 Å². The van der Waals surface area contributed by atoms with Crippen LogP contribution >= 0.6 is 0 Å². The number of hydrogen-bond acceptors (Lipinski definition) is 5. The maximum absolute atomic E-state index is 11.9. The molecule has 138 valence electrons. The van der Waals surface area contributed by atoms with Crippen molar-refractivity contribution >= 4 is 21.8 Å². The van der Waals surface area contributed by atoms with Gasteiger partial charge in [0.05, 0.1) is 11.7 Å². The summed E-state index contributed by atoms with van der Waals surface area (Å²) in [6, 6.07) is 1.83. The monoisotopic (exact) mass is 369 g/mol. The van der Waals surface area contributed by atoms with Crippen LogP contribution in [0.15, 0.2) is 12.3 Å². The van der Waals surface area contributed by atoms with Crippen LogP contribution in [-0.4, -0.2) is 71.5 Å². The lowest BCUT2D eigenvalue weighted by Crippen LogP contribution is -2.41. The van der Waals surface area contributed by atoms with Gasteiger partial charge in [-0.2, -0.15) is 0 Å². The second-order valence-corrected chi connectivity index (χ2v) is 9.25. The van der Waals surface area contributed by atoms with E-state index in [0.29, 0.717) is 25.2 Å². The van der Waals surface area contributed by atoms with Crippen LogP contribution in [-0.2, 0) is 28.4 Å². The summed E-state index contributed by atoms with van der Waals surface area (Å²) in [6.45, 7) is 3.15. The smallest absolute Gasteiger partial charge is 0.312 e. The van der Waals surface area contributed by atoms with Gasteiger partial charge in [0.25, 0.3) is 0 Å². The summed E-state index contributed by atoms with van der Waals surface area (Å²) in [7, 11) is -1.54. The number of carboxylic acids is 1. The Morgan fingerprint density at radius 2 is 2.00 bits per heavy atom. The summed E-state index contributed by atoms with van der Waals surface area (Å²) < 4.78 is 26.7. The Bertz CT molecular complexity index is 831. The molecule has 0 amide bonds. The van der Waals surface area contributed by atoms with Crippen LogP contribution in [0.25, 0.3) is 0 Å². The molecule has 2 aliphatic heterocycles. The molecule has 3 rings (SSSR count). The van der Waals surface area contributed by atoms with E-state index < -0.39 is 21.4 Å². The number of ketones is 1. The first-order chi connectivity index (χ1) is 11.5. The maximum atomic E-state index is 11.9. The van der Waals surface area contributed by atoms with Crippen molar-refractivity contribution in [3.8, 4) is 0 Å². The highest BCUT2D eigenvalue weighted by Crippen LogP contribution is 2.44. The van der Waals surface area contributed by atoms with Crippen LogP contribution in [0, 0.1) is 11.3 Å². The largest absolute Gasteiger partial charge is 0.481 e. The molecule has 0 radical (unpaired) electrons. The Morgan fingerprint density at radius 3 is 2.48 bits per heavy atom. The van der Waals surface area contributed by atoms with Gasteiger partial charge in [0.2, 0.25) is 10.0 Å². The number of fused-ring (bicyclic) bond motifs is 1. The molecule has 25 heavy (non-hydrogen) atoms. The molecule has 0 aliphatic carbocycles. The van der Waals surface area contributed by atoms with Crippen LogP contribution in [0.3, 0.4) is 0 Å². The Balaban J connectivity index is 1.79. The van der Waals surface area contributed by atoms with E-state index in [4.69, 9.17) is 0 Å². The number of aliphatic carboxylic acids is 1. The van der Waals surface area contributed by atoms with Crippen molar-refractivity contribution in [1.82, 2.24) is 13.8 Å². The van der Waals surface area contributed by atoms with Crippen LogP contribution in [0.5, 0.6) is 0 Å². The molecule has 0 aromatic carbocycles. The predicted molar refractivity (Wildman–Crippen MR) is 90.7 cm³/mol. The van der Waals surface area contributed by atoms with Gasteiger partial charge in [0.15, 0.2) is 5.78 Å². The number of sulfonamides is 1. The number of carbonyl (C=O) groups excluding carboxylic acids is 1. The van der Waals surface area contributed by atoms with E-state index in [0.717, 1.165) is 11.9 Å². The maximum Gasteiger partial charge on any atom is 0.312 e. The number of carbonyl (C=O) groups is 2. The lowest BCUT2D eigenvalue weighted by atomic mass is 9.81. The number of aryl methyl sites for hydroxylation is 1. The number of carboxylic acid groups (broad SMARTS) is 1. The van der Waals surface area contributed by atoms with Gasteiger partial charge >= 0.3 is 5.97 Å². The Kier molecular flexibility index (Phi) is 4.29. The van der Waals surface area contributed by atoms with E-state index >= 15 is 0 Å². The van der Waals surface area contributed by atoms with Crippen LogP contribution in [0.1, 0.15) is 23.0 Å². The number of aromatic nitrogens is 1. The molecular formula is C16H23N3O5S. The highest BCUT2D eigenvalue weighted by molar-refractivity contribution is 7.88. The minimum absolute atomic E-state index is 0.00839. The average Bonchev–Trinajstić information content (AvgIpc) is 3.10. The SMILES string of the molecule is CC(=O)c1cc(CN2C[C@@H]3CN(S(C)(=O)=O)C[C@]3(C(=O)O)C2)n(C)c1. The van der Waals surface area contributed by atoms with Crippen LogP contribution in [0.2, 0.25) is 0 Å². The number of likely N-dealkylation sites (tertiary alicyclic amines) is 1. The van der Waals surface area contributed by atoms with Gasteiger partial charge in [0, 0.05) is 63.1 Å². The van der Waals surface area contributed by atoms with Crippen LogP contribution in [0.4, 0.5) is 0 Å². The highest BCUT2D eigenvalue weighted by atomic mass is 32.2. The number of hydrogen-bond donors (Lipinski definition) is 1. The first kappa shape index (κ1) is 18.1. The minimum Gasteiger partial charge on any atom is -0.481 e. The molecule has 1 aromatic heterocycles. The quantitative estimate of drug-likeness (QED) is 0.734. The molecule has 2 aliphatic rings. The fourth-order valence-corrected chi connectivity index (χ4v) is 4.90. The molecule has 8 nitrogen and oxygen atoms in total. The van der Waals surface area contributed by atoms with Crippen molar-refractivity contribution in [2.75, 3.05) is 32.4 Å². The summed E-state index contributed by atoms with van der Waals surface area (Å²) in [5.41, 5.74) is 0.510. The molecule has 1 N–H and O–H groups in total. The second kappa shape index (κ2) is 5.93. The first-order valence-corrected chi connectivity index (χ1v) is 9.95. The molecule has 0 saturated carbocycles. The standard InChI is InChI=1S/C16H23N3O5S/c1-11(20)12-4-14(17(2)5-12)8-18-6-13-7-19(25(3,23)24)10-16(13,9-18)15(21)22/h4-5,13H,6-10H2,1-3H3,(H,21,22)/t13-,16-/m1/s1. The third kappa shape index (κ3) is 3.11. The van der Waals surface area contributed by atoms with Crippen molar-refractivity contribution in [2.45, 2.75) is 13.5 Å². The number of rotatable bonds is 5. The first-order valence-electron chi connectivity index (χ1n) is 8.10. The molecule has 2 fully saturated rings. The van der Waals surface area contributed by atoms with Crippen molar-refractivity contribution in [3.63, 3.8) is 0 Å². The normalized spacial score (nSPS) is 27.6. The Morgan fingerprint density at radius 1 is 1.32 bits per heavy atom. The zero-order chi connectivity index (χ0) is 18.6. The Hall–Kier alpha value is -1.71. The molecule has 9 heteroatoms. The molecule has 0 unspecified atom stereocenters. The van der Waals surface area contributed by atoms with E-state index in [-0.39, 0.29) is 24.8 Å². The predicted octanol–water partition coefficient (Wildman–Crippen LogP) is 0.00570. The van der Waals surface area contributed by atoms with E-state index in [1.165, 1.54) is 11.2 Å². The Labute approximate surface area is 147 Å². The zero-order valence-corrected chi connectivity index (χ0v) is 15.4. The topological polar surface area (TPSA) is 99.9 Å². The van der Waals surface area contributed by atoms with Crippen molar-refractivity contribution < 1.29 is 23.1 Å². The fraction of sp³-hybridized carbons (Fsp3) is 0.625. The molecule has 1 aromatic rings.